The molecular weight excluding hydrogens is 577 g/mol. The second kappa shape index (κ2) is 9.31. The van der Waals surface area contributed by atoms with Gasteiger partial charge in [-0.25, -0.2) is 0 Å². The molecule has 0 spiro atoms. The van der Waals surface area contributed by atoms with E-state index in [-0.39, 0.29) is 28.4 Å². The summed E-state index contributed by atoms with van der Waals surface area (Å²) < 4.78 is 9.91. The van der Waals surface area contributed by atoms with Crippen molar-refractivity contribution >= 4 is 60.9 Å². The van der Waals surface area contributed by atoms with Gasteiger partial charge in [-0.15, -0.1) is 11.3 Å². The maximum atomic E-state index is 7.16. The maximum absolute atomic E-state index is 7.16. The lowest BCUT2D eigenvalue weighted by molar-refractivity contribution is 0.394. The van der Waals surface area contributed by atoms with Crippen LogP contribution in [0, 0.1) is 6.92 Å². The minimum atomic E-state index is 0.0362. The van der Waals surface area contributed by atoms with Crippen molar-refractivity contribution in [2.45, 2.75) is 104 Å². The van der Waals surface area contributed by atoms with Gasteiger partial charge >= 0.3 is 0 Å². The first kappa shape index (κ1) is 29.9. The number of hydrogen-bond acceptors (Lipinski definition) is 3. The average molecular weight is 624 g/mol. The molecule has 0 radical (unpaired) electrons. The van der Waals surface area contributed by atoms with Crippen LogP contribution in [0.5, 0.6) is 11.5 Å². The van der Waals surface area contributed by atoms with Gasteiger partial charge in [0.25, 0.3) is 6.71 Å². The molecular formula is C42H46BNOS. The summed E-state index contributed by atoms with van der Waals surface area (Å²) in [6, 6.07) is 25.9. The Morgan fingerprint density at radius 1 is 0.783 bits per heavy atom. The van der Waals surface area contributed by atoms with E-state index < -0.39 is 0 Å². The summed E-state index contributed by atoms with van der Waals surface area (Å²) in [6.45, 7) is 25.8. The number of benzene rings is 4. The SMILES string of the molecule is Cc1cc2c3c(c1)N(c1ccc(C(C)(C)C)cc1)c1c(sc4ccc(C(C)(C)C)cc14)B3c1ccc3c(c1O2)C(C)(C)CC3(C)C. The molecule has 1 aromatic heterocycles. The monoisotopic (exact) mass is 623 g/mol. The average Bonchev–Trinajstić information content (AvgIpc) is 3.42. The predicted molar refractivity (Wildman–Crippen MR) is 200 cm³/mol. The molecule has 4 aromatic carbocycles. The van der Waals surface area contributed by atoms with Crippen molar-refractivity contribution in [2.75, 3.05) is 4.90 Å². The normalized spacial score (nSPS) is 17.4. The highest BCUT2D eigenvalue weighted by Crippen LogP contribution is 2.54. The van der Waals surface area contributed by atoms with Crippen LogP contribution in [-0.2, 0) is 21.7 Å². The van der Waals surface area contributed by atoms with Crippen LogP contribution in [0.4, 0.5) is 17.1 Å². The molecule has 0 unspecified atom stereocenters. The van der Waals surface area contributed by atoms with Gasteiger partial charge in [0.1, 0.15) is 11.5 Å². The van der Waals surface area contributed by atoms with Gasteiger partial charge in [0.2, 0.25) is 0 Å². The van der Waals surface area contributed by atoms with Crippen molar-refractivity contribution < 1.29 is 4.74 Å². The fourth-order valence-electron chi connectivity index (χ4n) is 8.80. The summed E-state index contributed by atoms with van der Waals surface area (Å²) in [6.07, 6.45) is 1.12. The molecule has 0 N–H and O–H groups in total. The second-order valence-electron chi connectivity index (χ2n) is 17.5. The highest BCUT2D eigenvalue weighted by atomic mass is 32.1. The molecule has 2 nitrogen and oxygen atoms in total. The number of ether oxygens (including phenoxy) is 1. The highest BCUT2D eigenvalue weighted by Gasteiger charge is 2.50. The van der Waals surface area contributed by atoms with Crippen LogP contribution in [0.2, 0.25) is 0 Å². The van der Waals surface area contributed by atoms with E-state index in [0.29, 0.717) is 0 Å². The molecule has 234 valence electrons. The smallest absolute Gasteiger partial charge is 0.268 e. The largest absolute Gasteiger partial charge is 0.458 e. The maximum Gasteiger partial charge on any atom is 0.268 e. The number of hydrogen-bond donors (Lipinski definition) is 0. The lowest BCUT2D eigenvalue weighted by Gasteiger charge is -2.40. The Morgan fingerprint density at radius 2 is 1.46 bits per heavy atom. The third-order valence-electron chi connectivity index (χ3n) is 10.8. The predicted octanol–water partition coefficient (Wildman–Crippen LogP) is 10.2. The van der Waals surface area contributed by atoms with Crippen molar-refractivity contribution in [1.82, 2.24) is 0 Å². The van der Waals surface area contributed by atoms with Gasteiger partial charge in [-0.05, 0) is 105 Å². The van der Waals surface area contributed by atoms with Gasteiger partial charge in [0.05, 0.1) is 5.69 Å². The molecule has 1 aliphatic carbocycles. The van der Waals surface area contributed by atoms with E-state index in [9.17, 15) is 0 Å². The van der Waals surface area contributed by atoms with Crippen molar-refractivity contribution in [3.8, 4) is 11.5 Å². The van der Waals surface area contributed by atoms with Crippen molar-refractivity contribution in [1.29, 1.82) is 0 Å². The number of nitrogens with zero attached hydrogens (tertiary/aromatic N) is 1. The van der Waals surface area contributed by atoms with Gasteiger partial charge in [-0.3, -0.25) is 0 Å². The van der Waals surface area contributed by atoms with Crippen LogP contribution in [0.25, 0.3) is 10.1 Å². The van der Waals surface area contributed by atoms with Crippen LogP contribution in [0.3, 0.4) is 0 Å². The van der Waals surface area contributed by atoms with Crippen LogP contribution in [0.1, 0.15) is 103 Å². The zero-order valence-corrected chi connectivity index (χ0v) is 30.2. The molecule has 0 atom stereocenters. The number of rotatable bonds is 1. The number of fused-ring (bicyclic) bond motifs is 8. The standard InChI is InChI=1S/C42H46BNOS/c1-24-20-31-35-32(21-24)45-37-30(18-17-29-34(37)42(10,11)23-41(29,8)9)43(35)38-36(28-22-26(40(5,6)7)14-19-33(28)46-38)44(31)27-15-12-25(13-16-27)39(2,3)4/h12-22H,23H2,1-11H3. The van der Waals surface area contributed by atoms with E-state index in [2.05, 4.69) is 148 Å². The van der Waals surface area contributed by atoms with Gasteiger partial charge in [-0.1, -0.05) is 99.6 Å². The van der Waals surface area contributed by atoms with Gasteiger partial charge in [0.15, 0.2) is 0 Å². The molecule has 5 aromatic rings. The van der Waals surface area contributed by atoms with E-state index >= 15 is 0 Å². The molecule has 0 fully saturated rings. The van der Waals surface area contributed by atoms with Crippen LogP contribution in [0.15, 0.2) is 66.7 Å². The van der Waals surface area contributed by atoms with Crippen LogP contribution in [-0.4, -0.2) is 6.71 Å². The molecule has 8 rings (SSSR count). The van der Waals surface area contributed by atoms with E-state index in [1.165, 1.54) is 70.7 Å². The zero-order valence-electron chi connectivity index (χ0n) is 29.4. The molecule has 0 amide bonds. The summed E-state index contributed by atoms with van der Waals surface area (Å²) in [5.41, 5.74) is 13.5. The summed E-state index contributed by atoms with van der Waals surface area (Å²) in [4.78, 5) is 2.55. The Morgan fingerprint density at radius 3 is 2.13 bits per heavy atom. The molecule has 2 aliphatic heterocycles. The molecule has 0 bridgehead atoms. The van der Waals surface area contributed by atoms with Crippen LogP contribution >= 0.6 is 11.3 Å². The number of aryl methyl sites for hydroxylation is 1. The highest BCUT2D eigenvalue weighted by molar-refractivity contribution is 7.33. The molecule has 3 aliphatic rings. The van der Waals surface area contributed by atoms with E-state index in [1.54, 1.807) is 0 Å². The topological polar surface area (TPSA) is 12.5 Å². The Labute approximate surface area is 279 Å². The van der Waals surface area contributed by atoms with E-state index in [1.807, 2.05) is 11.3 Å². The zero-order chi connectivity index (χ0) is 32.7. The third kappa shape index (κ3) is 4.21. The number of anilines is 3. The van der Waals surface area contributed by atoms with Crippen molar-refractivity contribution in [3.05, 3.63) is 94.5 Å². The van der Waals surface area contributed by atoms with Gasteiger partial charge < -0.3 is 9.64 Å². The lowest BCUT2D eigenvalue weighted by atomic mass is 9.36. The molecule has 46 heavy (non-hydrogen) atoms. The third-order valence-corrected chi connectivity index (χ3v) is 12.1. The fraction of sp³-hybridized carbons (Fsp3) is 0.381. The summed E-state index contributed by atoms with van der Waals surface area (Å²) in [5.74, 6) is 2.11. The fourth-order valence-corrected chi connectivity index (χ4v) is 10.1. The number of thiophene rings is 1. The summed E-state index contributed by atoms with van der Waals surface area (Å²) >= 11 is 1.97. The van der Waals surface area contributed by atoms with E-state index in [4.69, 9.17) is 4.74 Å². The van der Waals surface area contributed by atoms with Crippen molar-refractivity contribution in [3.63, 3.8) is 0 Å². The Balaban J connectivity index is 1.46. The quantitative estimate of drug-likeness (QED) is 0.169. The van der Waals surface area contributed by atoms with E-state index in [0.717, 1.165) is 17.9 Å². The summed E-state index contributed by atoms with van der Waals surface area (Å²) in [7, 11) is 0. The Bertz CT molecular complexity index is 2080. The molecule has 0 saturated carbocycles. The first-order valence-corrected chi connectivity index (χ1v) is 17.8. The van der Waals surface area contributed by atoms with Gasteiger partial charge in [-0.2, -0.15) is 0 Å². The molecule has 3 heterocycles. The molecule has 4 heteroatoms. The van der Waals surface area contributed by atoms with Crippen LogP contribution < -0.4 is 25.3 Å². The van der Waals surface area contributed by atoms with Crippen molar-refractivity contribution in [2.24, 2.45) is 0 Å². The Hall–Kier alpha value is -3.50. The van der Waals surface area contributed by atoms with Gasteiger partial charge in [0, 0.05) is 31.8 Å². The summed E-state index contributed by atoms with van der Waals surface area (Å²) in [5, 5.41) is 1.34. The minimum absolute atomic E-state index is 0.0362. The first-order valence-electron chi connectivity index (χ1n) is 16.9. The molecule has 0 saturated heterocycles. The first-order chi connectivity index (χ1) is 21.5. The lowest BCUT2D eigenvalue weighted by Crippen LogP contribution is -2.58. The second-order valence-corrected chi connectivity index (χ2v) is 18.6. The minimum Gasteiger partial charge on any atom is -0.458 e. The Kier molecular flexibility index (Phi) is 6.05.